The third-order valence-electron chi connectivity index (χ3n) is 0.595. The summed E-state index contributed by atoms with van der Waals surface area (Å²) in [5.41, 5.74) is 0. The van der Waals surface area contributed by atoms with E-state index in [1.54, 1.807) is 13.0 Å². The molecular formula is C6H13NaO2. The summed E-state index contributed by atoms with van der Waals surface area (Å²) in [7, 11) is 0. The molecule has 0 amide bonds. The monoisotopic (exact) mass is 140 g/mol. The van der Waals surface area contributed by atoms with Crippen molar-refractivity contribution in [2.45, 2.75) is 13.0 Å². The number of aliphatic hydroxyl groups is 1. The third kappa shape index (κ3) is 12.0. The second kappa shape index (κ2) is 8.66. The molecule has 0 aliphatic heterocycles. The number of rotatable bonds is 4. The summed E-state index contributed by atoms with van der Waals surface area (Å²) >= 11 is 0. The van der Waals surface area contributed by atoms with Crippen LogP contribution in [-0.2, 0) is 4.74 Å². The van der Waals surface area contributed by atoms with E-state index in [1.165, 1.54) is 0 Å². The van der Waals surface area contributed by atoms with Gasteiger partial charge < -0.3 is 11.3 Å². The molecule has 50 valence electrons. The van der Waals surface area contributed by atoms with E-state index in [-0.39, 0.29) is 37.1 Å². The average molecular weight is 140 g/mol. The molecule has 3 heteroatoms. The van der Waals surface area contributed by atoms with Crippen LogP contribution in [0.1, 0.15) is 8.35 Å². The van der Waals surface area contributed by atoms with Gasteiger partial charge in [0, 0.05) is 0 Å². The molecule has 0 aliphatic rings. The van der Waals surface area contributed by atoms with Crippen molar-refractivity contribution in [2.75, 3.05) is 13.2 Å². The maximum atomic E-state index is 8.62. The Morgan fingerprint density at radius 1 is 1.89 bits per heavy atom. The van der Waals surface area contributed by atoms with Gasteiger partial charge in [0.05, 0.1) is 19.3 Å². The fraction of sp³-hybridized carbons (Fsp3) is 0.667. The van der Waals surface area contributed by atoms with Crippen molar-refractivity contribution in [3.63, 3.8) is 0 Å². The zero-order valence-electron chi connectivity index (χ0n) is 7.13. The van der Waals surface area contributed by atoms with Crippen LogP contribution in [0.2, 0.25) is 0 Å². The summed E-state index contributed by atoms with van der Waals surface area (Å²) in [4.78, 5) is 0. The van der Waals surface area contributed by atoms with Gasteiger partial charge >= 0.3 is 29.6 Å². The summed E-state index contributed by atoms with van der Waals surface area (Å²) in [6.07, 6.45) is 1.29. The van der Waals surface area contributed by atoms with E-state index in [0.717, 1.165) is 0 Å². The van der Waals surface area contributed by atoms with Crippen LogP contribution in [0.25, 0.3) is 0 Å². The Bertz CT molecular complexity index is 68.8. The van der Waals surface area contributed by atoms with Crippen LogP contribution in [0.5, 0.6) is 0 Å². The van der Waals surface area contributed by atoms with Crippen LogP contribution in [0.3, 0.4) is 0 Å². The number of hydrogen-bond donors (Lipinski definition) is 1. The molecule has 0 aromatic heterocycles. The minimum Gasteiger partial charge on any atom is -1.00 e. The largest absolute Gasteiger partial charge is 1.00 e. The molecule has 1 atom stereocenters. The Morgan fingerprint density at radius 3 is 2.78 bits per heavy atom. The van der Waals surface area contributed by atoms with Gasteiger partial charge in [-0.25, -0.2) is 0 Å². The zero-order valence-corrected chi connectivity index (χ0v) is 8.13. The van der Waals surface area contributed by atoms with E-state index >= 15 is 0 Å². The first-order valence-electron chi connectivity index (χ1n) is 2.64. The second-order valence-corrected chi connectivity index (χ2v) is 1.68. The predicted molar refractivity (Wildman–Crippen MR) is 33.8 cm³/mol. The standard InChI is InChI=1S/C6H12O2.Na.H/c1-3-4-8-5-6(2)7;;/h3,6-7H,1,4-5H2,2H3;;/q;+1;-1. The Labute approximate surface area is 79.7 Å². The van der Waals surface area contributed by atoms with Crippen molar-refractivity contribution < 1.29 is 40.8 Å². The minimum absolute atomic E-state index is 0. The van der Waals surface area contributed by atoms with E-state index in [2.05, 4.69) is 6.58 Å². The summed E-state index contributed by atoms with van der Waals surface area (Å²) < 4.78 is 4.88. The Hall–Kier alpha value is 0.660. The first kappa shape index (κ1) is 12.3. The van der Waals surface area contributed by atoms with Crippen LogP contribution in [0.4, 0.5) is 0 Å². The molecule has 0 aliphatic carbocycles. The molecule has 2 nitrogen and oxygen atoms in total. The van der Waals surface area contributed by atoms with E-state index in [0.29, 0.717) is 13.2 Å². The van der Waals surface area contributed by atoms with Gasteiger partial charge in [0.2, 0.25) is 0 Å². The molecule has 0 bridgehead atoms. The fourth-order valence-electron chi connectivity index (χ4n) is 0.322. The quantitative estimate of drug-likeness (QED) is 0.270. The average Bonchev–Trinajstić information content (AvgIpc) is 1.66. The van der Waals surface area contributed by atoms with Crippen LogP contribution >= 0.6 is 0 Å². The first-order chi connectivity index (χ1) is 3.77. The molecule has 0 saturated heterocycles. The molecule has 0 aromatic carbocycles. The first-order valence-corrected chi connectivity index (χ1v) is 2.64. The normalized spacial score (nSPS) is 11.8. The van der Waals surface area contributed by atoms with Crippen LogP contribution < -0.4 is 29.6 Å². The minimum atomic E-state index is -0.366. The Morgan fingerprint density at radius 2 is 2.44 bits per heavy atom. The predicted octanol–water partition coefficient (Wildman–Crippen LogP) is -2.31. The van der Waals surface area contributed by atoms with Gasteiger partial charge in [-0.1, -0.05) is 6.08 Å². The van der Waals surface area contributed by atoms with Crippen LogP contribution in [-0.4, -0.2) is 24.4 Å². The van der Waals surface area contributed by atoms with E-state index in [1.807, 2.05) is 0 Å². The summed E-state index contributed by atoms with van der Waals surface area (Å²) in [5.74, 6) is 0. The van der Waals surface area contributed by atoms with Crippen LogP contribution in [0, 0.1) is 0 Å². The van der Waals surface area contributed by atoms with Crippen molar-refractivity contribution >= 4 is 0 Å². The molecule has 0 rings (SSSR count). The molecule has 1 N–H and O–H groups in total. The Kier molecular flexibility index (Phi) is 11.9. The summed E-state index contributed by atoms with van der Waals surface area (Å²) in [6.45, 7) is 6.05. The molecule has 9 heavy (non-hydrogen) atoms. The maximum Gasteiger partial charge on any atom is 1.00 e. The van der Waals surface area contributed by atoms with Gasteiger partial charge in [-0.05, 0) is 6.92 Å². The van der Waals surface area contributed by atoms with E-state index < -0.39 is 0 Å². The van der Waals surface area contributed by atoms with E-state index in [9.17, 15) is 0 Å². The SMILES string of the molecule is C=CCOCC(C)O.[H-].[Na+]. The molecular weight excluding hydrogens is 127 g/mol. The van der Waals surface area contributed by atoms with Crippen molar-refractivity contribution in [3.8, 4) is 0 Å². The van der Waals surface area contributed by atoms with Crippen LogP contribution in [0.15, 0.2) is 12.7 Å². The zero-order chi connectivity index (χ0) is 6.41. The fourth-order valence-corrected chi connectivity index (χ4v) is 0.322. The topological polar surface area (TPSA) is 29.5 Å². The molecule has 0 heterocycles. The smallest absolute Gasteiger partial charge is 1.00 e. The Balaban J connectivity index is -0.000000245. The van der Waals surface area contributed by atoms with Gasteiger partial charge in [-0.15, -0.1) is 6.58 Å². The molecule has 0 aromatic rings. The van der Waals surface area contributed by atoms with Crippen molar-refractivity contribution in [1.82, 2.24) is 0 Å². The van der Waals surface area contributed by atoms with Crippen molar-refractivity contribution in [2.24, 2.45) is 0 Å². The van der Waals surface area contributed by atoms with E-state index in [4.69, 9.17) is 9.84 Å². The summed E-state index contributed by atoms with van der Waals surface area (Å²) in [6, 6.07) is 0. The number of hydrogen-bond acceptors (Lipinski definition) is 2. The van der Waals surface area contributed by atoms with Gasteiger partial charge in [0.15, 0.2) is 0 Å². The maximum absolute atomic E-state index is 8.62. The molecule has 0 fully saturated rings. The van der Waals surface area contributed by atoms with Gasteiger partial charge in [-0.2, -0.15) is 0 Å². The number of aliphatic hydroxyl groups excluding tert-OH is 1. The van der Waals surface area contributed by atoms with Gasteiger partial charge in [0.1, 0.15) is 0 Å². The third-order valence-corrected chi connectivity index (χ3v) is 0.595. The molecule has 0 radical (unpaired) electrons. The number of ether oxygens (including phenoxy) is 1. The summed E-state index contributed by atoms with van der Waals surface area (Å²) in [5, 5.41) is 8.62. The van der Waals surface area contributed by atoms with Crippen molar-refractivity contribution in [1.29, 1.82) is 0 Å². The molecule has 0 saturated carbocycles. The van der Waals surface area contributed by atoms with Crippen molar-refractivity contribution in [3.05, 3.63) is 12.7 Å². The van der Waals surface area contributed by atoms with Gasteiger partial charge in [0.25, 0.3) is 0 Å². The molecule has 0 spiro atoms. The second-order valence-electron chi connectivity index (χ2n) is 1.68. The van der Waals surface area contributed by atoms with Gasteiger partial charge in [-0.3, -0.25) is 0 Å². The molecule has 1 unspecified atom stereocenters.